The van der Waals surface area contributed by atoms with Crippen LogP contribution in [0.1, 0.15) is 24.0 Å². The number of carbonyl (C=O) groups is 3. The minimum absolute atomic E-state index is 0.0611. The molecular weight excluding hydrogens is 490 g/mol. The molecule has 1 aliphatic rings. The van der Waals surface area contributed by atoms with E-state index in [1.54, 1.807) is 24.3 Å². The number of carbonyl (C=O) groups excluding carboxylic acids is 3. The van der Waals surface area contributed by atoms with Gasteiger partial charge in [0.1, 0.15) is 11.7 Å². The number of anilines is 1. The summed E-state index contributed by atoms with van der Waals surface area (Å²) in [7, 11) is 1.17. The van der Waals surface area contributed by atoms with E-state index in [1.165, 1.54) is 7.11 Å². The van der Waals surface area contributed by atoms with Crippen LogP contribution in [-0.4, -0.2) is 37.3 Å². The molecule has 0 saturated carbocycles. The first kappa shape index (κ1) is 26.1. The lowest BCUT2D eigenvalue weighted by Crippen LogP contribution is -2.44. The van der Waals surface area contributed by atoms with Crippen molar-refractivity contribution < 1.29 is 23.9 Å². The molecular formula is C25H24ClN3O5S. The van der Waals surface area contributed by atoms with Crippen LogP contribution in [0.2, 0.25) is 5.02 Å². The van der Waals surface area contributed by atoms with E-state index in [-0.39, 0.29) is 27.3 Å². The van der Waals surface area contributed by atoms with E-state index in [2.05, 4.69) is 16.7 Å². The predicted molar refractivity (Wildman–Crippen MR) is 134 cm³/mol. The second-order valence-corrected chi connectivity index (χ2v) is 9.04. The highest BCUT2D eigenvalue weighted by Crippen LogP contribution is 2.42. The molecule has 3 rings (SSSR count). The monoisotopic (exact) mass is 513 g/mol. The van der Waals surface area contributed by atoms with Crippen molar-refractivity contribution in [1.29, 1.82) is 5.26 Å². The van der Waals surface area contributed by atoms with Gasteiger partial charge in [-0.05, 0) is 49.2 Å². The predicted octanol–water partition coefficient (Wildman–Crippen LogP) is 4.16. The van der Waals surface area contributed by atoms with E-state index in [0.29, 0.717) is 23.6 Å². The van der Waals surface area contributed by atoms with Crippen LogP contribution in [0.4, 0.5) is 5.69 Å². The maximum Gasteiger partial charge on any atom is 0.319 e. The van der Waals surface area contributed by atoms with Crippen LogP contribution < -0.4 is 15.4 Å². The Morgan fingerprint density at radius 3 is 2.66 bits per heavy atom. The van der Waals surface area contributed by atoms with E-state index in [9.17, 15) is 19.6 Å². The van der Waals surface area contributed by atoms with E-state index in [1.807, 2.05) is 32.0 Å². The number of nitriles is 1. The van der Waals surface area contributed by atoms with Crippen molar-refractivity contribution >= 4 is 46.8 Å². The van der Waals surface area contributed by atoms with Crippen molar-refractivity contribution in [2.24, 2.45) is 5.92 Å². The number of ether oxygens (including phenoxy) is 2. The molecule has 35 heavy (non-hydrogen) atoms. The molecule has 8 nitrogen and oxygen atoms in total. The quantitative estimate of drug-likeness (QED) is 0.402. The lowest BCUT2D eigenvalue weighted by atomic mass is 9.78. The second kappa shape index (κ2) is 11.8. The molecule has 1 aliphatic heterocycles. The minimum atomic E-state index is -1.30. The molecule has 0 bridgehead atoms. The van der Waals surface area contributed by atoms with Gasteiger partial charge in [-0.25, -0.2) is 0 Å². The van der Waals surface area contributed by atoms with Crippen molar-refractivity contribution in [2.45, 2.75) is 19.8 Å². The summed E-state index contributed by atoms with van der Waals surface area (Å²) in [5.74, 6) is -3.59. The molecule has 0 aromatic heterocycles. The normalized spacial score (nSPS) is 17.3. The Kier molecular flexibility index (Phi) is 8.79. The Morgan fingerprint density at radius 1 is 1.26 bits per heavy atom. The summed E-state index contributed by atoms with van der Waals surface area (Å²) in [4.78, 5) is 38.0. The minimum Gasteiger partial charge on any atom is -0.492 e. The van der Waals surface area contributed by atoms with E-state index < -0.39 is 23.7 Å². The third kappa shape index (κ3) is 6.15. The van der Waals surface area contributed by atoms with Gasteiger partial charge < -0.3 is 20.1 Å². The molecule has 0 saturated heterocycles. The van der Waals surface area contributed by atoms with Gasteiger partial charge in [0.25, 0.3) is 0 Å². The average molecular weight is 514 g/mol. The Hall–Kier alpha value is -3.48. The highest BCUT2D eigenvalue weighted by molar-refractivity contribution is 8.03. The largest absolute Gasteiger partial charge is 0.492 e. The third-order valence-corrected chi connectivity index (χ3v) is 6.56. The third-order valence-electron chi connectivity index (χ3n) is 5.25. The Balaban J connectivity index is 1.93. The lowest BCUT2D eigenvalue weighted by molar-refractivity contribution is -0.150. The van der Waals surface area contributed by atoms with Crippen LogP contribution in [-0.2, 0) is 19.1 Å². The SMILES string of the molecule is CCOc1ccc([C@H]2C(C#N)=C(SCC(=O)Nc3cccc(C)c3)NC(=O)[C@H]2C(=O)OC)cc1Cl. The number of amides is 2. The topological polar surface area (TPSA) is 118 Å². The zero-order valence-corrected chi connectivity index (χ0v) is 21.0. The summed E-state index contributed by atoms with van der Waals surface area (Å²) in [5.41, 5.74) is 2.25. The summed E-state index contributed by atoms with van der Waals surface area (Å²) in [5, 5.41) is 15.9. The number of methoxy groups -OCH3 is 1. The highest BCUT2D eigenvalue weighted by Gasteiger charge is 2.44. The van der Waals surface area contributed by atoms with Gasteiger partial charge in [-0.1, -0.05) is 41.6 Å². The molecule has 2 aromatic rings. The Morgan fingerprint density at radius 2 is 2.03 bits per heavy atom. The van der Waals surface area contributed by atoms with Gasteiger partial charge >= 0.3 is 5.97 Å². The summed E-state index contributed by atoms with van der Waals surface area (Å²) in [6.07, 6.45) is 0. The molecule has 0 aliphatic carbocycles. The first-order chi connectivity index (χ1) is 16.8. The fourth-order valence-corrected chi connectivity index (χ4v) is 4.81. The summed E-state index contributed by atoms with van der Waals surface area (Å²) in [6.45, 7) is 4.14. The van der Waals surface area contributed by atoms with Gasteiger partial charge in [-0.15, -0.1) is 0 Å². The molecule has 2 atom stereocenters. The van der Waals surface area contributed by atoms with Gasteiger partial charge in [0.15, 0.2) is 0 Å². The van der Waals surface area contributed by atoms with Crippen LogP contribution in [0.3, 0.4) is 0 Å². The van der Waals surface area contributed by atoms with Crippen molar-refractivity contribution in [3.8, 4) is 11.8 Å². The molecule has 182 valence electrons. The summed E-state index contributed by atoms with van der Waals surface area (Å²) >= 11 is 7.35. The van der Waals surface area contributed by atoms with Crippen LogP contribution in [0, 0.1) is 24.2 Å². The summed E-state index contributed by atoms with van der Waals surface area (Å²) in [6, 6.07) is 14.3. The Labute approximate surface area is 212 Å². The van der Waals surface area contributed by atoms with Gasteiger partial charge in [0.05, 0.1) is 41.2 Å². The fourth-order valence-electron chi connectivity index (χ4n) is 3.72. The zero-order valence-electron chi connectivity index (χ0n) is 19.4. The maximum absolute atomic E-state index is 13.0. The number of hydrogen-bond donors (Lipinski definition) is 2. The van der Waals surface area contributed by atoms with Gasteiger partial charge in [-0.2, -0.15) is 5.26 Å². The molecule has 0 radical (unpaired) electrons. The first-order valence-electron chi connectivity index (χ1n) is 10.7. The number of hydrogen-bond acceptors (Lipinski definition) is 7. The van der Waals surface area contributed by atoms with Crippen molar-refractivity contribution in [3.63, 3.8) is 0 Å². The number of esters is 1. The molecule has 1 heterocycles. The lowest BCUT2D eigenvalue weighted by Gasteiger charge is -2.31. The molecule has 0 spiro atoms. The number of aryl methyl sites for hydroxylation is 1. The number of halogens is 1. The average Bonchev–Trinajstić information content (AvgIpc) is 2.83. The fraction of sp³-hybridized carbons (Fsp3) is 0.280. The molecule has 2 amide bonds. The Bertz CT molecular complexity index is 1220. The number of allylic oxidation sites excluding steroid dienone is 1. The van der Waals surface area contributed by atoms with Crippen LogP contribution in [0.15, 0.2) is 53.1 Å². The number of rotatable bonds is 8. The van der Waals surface area contributed by atoms with Crippen LogP contribution in [0.25, 0.3) is 0 Å². The first-order valence-corrected chi connectivity index (χ1v) is 12.1. The zero-order chi connectivity index (χ0) is 25.5. The van der Waals surface area contributed by atoms with Gasteiger partial charge in [0, 0.05) is 11.6 Å². The number of benzene rings is 2. The smallest absolute Gasteiger partial charge is 0.319 e. The standard InChI is InChI=1S/C25H24ClN3O5S/c1-4-34-19-9-8-15(11-18(19)26)21-17(12-27)24(29-23(31)22(21)25(32)33-3)35-13-20(30)28-16-7-5-6-14(2)10-16/h5-11,21-22H,4,13H2,1-3H3,(H,28,30)(H,29,31)/t21-,22-/m0/s1. The van der Waals surface area contributed by atoms with Crippen LogP contribution >= 0.6 is 23.4 Å². The molecule has 2 aromatic carbocycles. The summed E-state index contributed by atoms with van der Waals surface area (Å²) < 4.78 is 10.3. The van der Waals surface area contributed by atoms with Crippen LogP contribution in [0.5, 0.6) is 5.75 Å². The van der Waals surface area contributed by atoms with Gasteiger partial charge in [0.2, 0.25) is 11.8 Å². The van der Waals surface area contributed by atoms with Gasteiger partial charge in [-0.3, -0.25) is 14.4 Å². The van der Waals surface area contributed by atoms with E-state index in [0.717, 1.165) is 17.3 Å². The maximum atomic E-state index is 13.0. The molecule has 0 unspecified atom stereocenters. The molecule has 0 fully saturated rings. The highest BCUT2D eigenvalue weighted by atomic mass is 35.5. The molecule has 2 N–H and O–H groups in total. The van der Waals surface area contributed by atoms with Crippen molar-refractivity contribution in [3.05, 3.63) is 69.2 Å². The van der Waals surface area contributed by atoms with Crippen molar-refractivity contribution in [1.82, 2.24) is 5.32 Å². The molecule has 10 heteroatoms. The second-order valence-electron chi connectivity index (χ2n) is 7.65. The number of thioether (sulfide) groups is 1. The number of nitrogens with one attached hydrogen (secondary N) is 2. The van der Waals surface area contributed by atoms with E-state index >= 15 is 0 Å². The number of nitrogens with zero attached hydrogens (tertiary/aromatic N) is 1. The van der Waals surface area contributed by atoms with E-state index in [4.69, 9.17) is 21.1 Å². The van der Waals surface area contributed by atoms with Crippen molar-refractivity contribution in [2.75, 3.05) is 24.8 Å².